The molecule has 0 saturated heterocycles. The number of benzene rings is 2. The van der Waals surface area contributed by atoms with Gasteiger partial charge in [-0.1, -0.05) is 24.3 Å². The molecule has 0 unspecified atom stereocenters. The van der Waals surface area contributed by atoms with Gasteiger partial charge in [-0.15, -0.1) is 0 Å². The molecule has 2 aromatic carbocycles. The highest BCUT2D eigenvalue weighted by molar-refractivity contribution is 7.89. The second-order valence-electron chi connectivity index (χ2n) is 6.80. The molecule has 0 spiro atoms. The minimum atomic E-state index is -3.18. The summed E-state index contributed by atoms with van der Waals surface area (Å²) in [5.41, 5.74) is 1.78. The molecular formula is C20H20N2O6S. The molecule has 29 heavy (non-hydrogen) atoms. The molecule has 0 bridgehead atoms. The van der Waals surface area contributed by atoms with Crippen molar-refractivity contribution in [1.82, 2.24) is 0 Å². The van der Waals surface area contributed by atoms with E-state index < -0.39 is 27.8 Å². The van der Waals surface area contributed by atoms with Gasteiger partial charge in [-0.2, -0.15) is 0 Å². The Kier molecular flexibility index (Phi) is 5.69. The average molecular weight is 416 g/mol. The standard InChI is InChI=1S/C20H20N2O6S/c1-13(19(24)22-11-18(23)21-16-5-3-4-6-17(16)22)28-20(25)15-9-7-14(8-10-15)12-29(2,26)27/h3-10,13H,11-12H2,1-2H3,(H,21,23)/t13-/m0/s1. The van der Waals surface area contributed by atoms with Crippen molar-refractivity contribution < 1.29 is 27.5 Å². The quantitative estimate of drug-likeness (QED) is 0.744. The van der Waals surface area contributed by atoms with Crippen LogP contribution in [-0.2, 0) is 29.9 Å². The Morgan fingerprint density at radius 1 is 1.14 bits per heavy atom. The van der Waals surface area contributed by atoms with Gasteiger partial charge in [0.15, 0.2) is 15.9 Å². The van der Waals surface area contributed by atoms with Gasteiger partial charge in [0.05, 0.1) is 22.7 Å². The third kappa shape index (κ3) is 5.00. The smallest absolute Gasteiger partial charge is 0.338 e. The Balaban J connectivity index is 1.70. The summed E-state index contributed by atoms with van der Waals surface area (Å²) in [6.45, 7) is 1.27. The van der Waals surface area contributed by atoms with Crippen LogP contribution < -0.4 is 10.2 Å². The van der Waals surface area contributed by atoms with Crippen molar-refractivity contribution >= 4 is 39.0 Å². The number of hydrogen-bond donors (Lipinski definition) is 1. The third-order valence-electron chi connectivity index (χ3n) is 4.29. The summed E-state index contributed by atoms with van der Waals surface area (Å²) in [6.07, 6.45) is 0.0127. The lowest BCUT2D eigenvalue weighted by Crippen LogP contribution is -2.47. The SMILES string of the molecule is C[C@H](OC(=O)c1ccc(CS(C)(=O)=O)cc1)C(=O)N1CC(=O)Nc2ccccc21. The Labute approximate surface area is 168 Å². The summed E-state index contributed by atoms with van der Waals surface area (Å²) in [5.74, 6) is -1.70. The first-order valence-corrected chi connectivity index (χ1v) is 10.9. The second kappa shape index (κ2) is 8.04. The predicted octanol–water partition coefficient (Wildman–Crippen LogP) is 1.76. The van der Waals surface area contributed by atoms with Crippen molar-refractivity contribution in [2.24, 2.45) is 0 Å². The molecule has 0 aliphatic carbocycles. The summed E-state index contributed by atoms with van der Waals surface area (Å²) in [4.78, 5) is 38.3. The van der Waals surface area contributed by atoms with E-state index >= 15 is 0 Å². The molecule has 1 aliphatic heterocycles. The van der Waals surface area contributed by atoms with Crippen LogP contribution >= 0.6 is 0 Å². The van der Waals surface area contributed by atoms with E-state index in [1.54, 1.807) is 24.3 Å². The molecule has 1 atom stereocenters. The van der Waals surface area contributed by atoms with E-state index in [4.69, 9.17) is 4.74 Å². The maximum atomic E-state index is 12.8. The number of nitrogens with one attached hydrogen (secondary N) is 1. The summed E-state index contributed by atoms with van der Waals surface area (Å²) in [6, 6.07) is 12.8. The number of rotatable bonds is 5. The van der Waals surface area contributed by atoms with Gasteiger partial charge in [0.1, 0.15) is 6.54 Å². The molecule has 0 fully saturated rings. The highest BCUT2D eigenvalue weighted by Crippen LogP contribution is 2.29. The maximum Gasteiger partial charge on any atom is 0.338 e. The minimum Gasteiger partial charge on any atom is -0.449 e. The van der Waals surface area contributed by atoms with Crippen LogP contribution in [0.1, 0.15) is 22.8 Å². The van der Waals surface area contributed by atoms with Crippen LogP contribution in [0.4, 0.5) is 11.4 Å². The van der Waals surface area contributed by atoms with Crippen LogP contribution in [0.15, 0.2) is 48.5 Å². The lowest BCUT2D eigenvalue weighted by Gasteiger charge is -2.30. The largest absolute Gasteiger partial charge is 0.449 e. The first kappa shape index (κ1) is 20.5. The highest BCUT2D eigenvalue weighted by Gasteiger charge is 2.31. The van der Waals surface area contributed by atoms with E-state index in [1.165, 1.54) is 36.1 Å². The van der Waals surface area contributed by atoms with Crippen LogP contribution in [0, 0.1) is 0 Å². The Morgan fingerprint density at radius 3 is 2.45 bits per heavy atom. The van der Waals surface area contributed by atoms with Crippen LogP contribution in [-0.4, -0.2) is 45.1 Å². The first-order valence-electron chi connectivity index (χ1n) is 8.82. The Bertz CT molecular complexity index is 1060. The maximum absolute atomic E-state index is 12.8. The normalized spacial score (nSPS) is 14.6. The fourth-order valence-electron chi connectivity index (χ4n) is 2.97. The number of para-hydroxylation sites is 2. The van der Waals surface area contributed by atoms with E-state index in [9.17, 15) is 22.8 Å². The Morgan fingerprint density at radius 2 is 1.79 bits per heavy atom. The van der Waals surface area contributed by atoms with E-state index in [0.717, 1.165) is 6.26 Å². The van der Waals surface area contributed by atoms with E-state index in [1.807, 2.05) is 0 Å². The van der Waals surface area contributed by atoms with Crippen LogP contribution in [0.3, 0.4) is 0 Å². The zero-order valence-corrected chi connectivity index (χ0v) is 16.7. The lowest BCUT2D eigenvalue weighted by molar-refractivity contribution is -0.128. The van der Waals surface area contributed by atoms with Crippen molar-refractivity contribution in [2.45, 2.75) is 18.8 Å². The second-order valence-corrected chi connectivity index (χ2v) is 8.94. The number of nitrogens with zero attached hydrogens (tertiary/aromatic N) is 1. The van der Waals surface area contributed by atoms with E-state index in [0.29, 0.717) is 16.9 Å². The molecule has 2 amide bonds. The minimum absolute atomic E-state index is 0.131. The van der Waals surface area contributed by atoms with Crippen molar-refractivity contribution in [3.8, 4) is 0 Å². The zero-order valence-electron chi connectivity index (χ0n) is 15.9. The molecule has 0 aromatic heterocycles. The van der Waals surface area contributed by atoms with Gasteiger partial charge in [0, 0.05) is 6.26 Å². The van der Waals surface area contributed by atoms with Gasteiger partial charge in [-0.05, 0) is 36.8 Å². The first-order chi connectivity index (χ1) is 13.6. The molecule has 9 heteroatoms. The van der Waals surface area contributed by atoms with Crippen molar-refractivity contribution in [1.29, 1.82) is 0 Å². The monoisotopic (exact) mass is 416 g/mol. The number of ether oxygens (including phenoxy) is 1. The number of sulfone groups is 1. The number of anilines is 2. The molecular weight excluding hydrogens is 396 g/mol. The summed E-state index contributed by atoms with van der Waals surface area (Å²) in [5, 5.41) is 2.69. The molecule has 1 heterocycles. The molecule has 2 aromatic rings. The fraction of sp³-hybridized carbons (Fsp3) is 0.250. The van der Waals surface area contributed by atoms with E-state index in [-0.39, 0.29) is 23.8 Å². The van der Waals surface area contributed by atoms with Gasteiger partial charge in [-0.3, -0.25) is 14.5 Å². The summed E-state index contributed by atoms with van der Waals surface area (Å²) < 4.78 is 27.9. The number of carbonyl (C=O) groups is 3. The average Bonchev–Trinajstić information content (AvgIpc) is 2.65. The number of esters is 1. The topological polar surface area (TPSA) is 110 Å². The van der Waals surface area contributed by atoms with Gasteiger partial charge in [0.2, 0.25) is 5.91 Å². The number of carbonyl (C=O) groups excluding carboxylic acids is 3. The molecule has 152 valence electrons. The van der Waals surface area contributed by atoms with Gasteiger partial charge in [-0.25, -0.2) is 13.2 Å². The number of fused-ring (bicyclic) bond motifs is 1. The fourth-order valence-corrected chi connectivity index (χ4v) is 3.77. The molecule has 1 aliphatic rings. The zero-order chi connectivity index (χ0) is 21.2. The molecule has 0 saturated carbocycles. The number of amides is 2. The summed E-state index contributed by atoms with van der Waals surface area (Å²) >= 11 is 0. The third-order valence-corrected chi connectivity index (χ3v) is 5.14. The predicted molar refractivity (Wildman–Crippen MR) is 107 cm³/mol. The van der Waals surface area contributed by atoms with Crippen molar-refractivity contribution in [3.63, 3.8) is 0 Å². The van der Waals surface area contributed by atoms with Gasteiger partial charge < -0.3 is 10.1 Å². The van der Waals surface area contributed by atoms with Crippen LogP contribution in [0.25, 0.3) is 0 Å². The van der Waals surface area contributed by atoms with Crippen LogP contribution in [0.2, 0.25) is 0 Å². The molecule has 3 rings (SSSR count). The van der Waals surface area contributed by atoms with E-state index in [2.05, 4.69) is 5.32 Å². The van der Waals surface area contributed by atoms with Gasteiger partial charge >= 0.3 is 5.97 Å². The lowest BCUT2D eigenvalue weighted by atomic mass is 10.1. The highest BCUT2D eigenvalue weighted by atomic mass is 32.2. The van der Waals surface area contributed by atoms with Gasteiger partial charge in [0.25, 0.3) is 5.91 Å². The van der Waals surface area contributed by atoms with Crippen molar-refractivity contribution in [3.05, 3.63) is 59.7 Å². The summed E-state index contributed by atoms with van der Waals surface area (Å²) in [7, 11) is -3.18. The number of hydrogen-bond acceptors (Lipinski definition) is 6. The van der Waals surface area contributed by atoms with Crippen molar-refractivity contribution in [2.75, 3.05) is 23.0 Å². The molecule has 8 nitrogen and oxygen atoms in total. The Hall–Kier alpha value is -3.20. The van der Waals surface area contributed by atoms with Crippen LogP contribution in [0.5, 0.6) is 0 Å². The molecule has 1 N–H and O–H groups in total. The molecule has 0 radical (unpaired) electrons.